The van der Waals surface area contributed by atoms with Crippen molar-refractivity contribution in [3.63, 3.8) is 0 Å². The van der Waals surface area contributed by atoms with E-state index >= 15 is 0 Å². The Bertz CT molecular complexity index is 512. The molecular weight excluding hydrogens is 278 g/mol. The van der Waals surface area contributed by atoms with Crippen LogP contribution in [0.1, 0.15) is 0 Å². The van der Waals surface area contributed by atoms with Crippen LogP contribution in [0.25, 0.3) is 0 Å². The molecule has 1 aliphatic rings. The summed E-state index contributed by atoms with van der Waals surface area (Å²) >= 11 is 0. The summed E-state index contributed by atoms with van der Waals surface area (Å²) < 4.78 is 26.3. The number of hydrogen-bond donors (Lipinski definition) is 2. The van der Waals surface area contributed by atoms with E-state index in [0.717, 1.165) is 31.8 Å². The minimum Gasteiger partial charge on any atom is -0.329 e. The molecule has 1 aliphatic heterocycles. The quantitative estimate of drug-likeness (QED) is 0.849. The van der Waals surface area contributed by atoms with Crippen LogP contribution in [0, 0.1) is 11.6 Å². The van der Waals surface area contributed by atoms with Crippen LogP contribution in [-0.4, -0.2) is 61.5 Å². The van der Waals surface area contributed by atoms with Gasteiger partial charge in [0.15, 0.2) is 0 Å². The van der Waals surface area contributed by atoms with Crippen molar-refractivity contribution in [2.45, 2.75) is 6.04 Å². The Morgan fingerprint density at radius 2 is 2.19 bits per heavy atom. The Morgan fingerprint density at radius 3 is 2.86 bits per heavy atom. The zero-order valence-corrected chi connectivity index (χ0v) is 12.0. The molecule has 1 fully saturated rings. The molecule has 7 heteroatoms. The maximum atomic E-state index is 13.5. The third-order valence-electron chi connectivity index (χ3n) is 3.63. The van der Waals surface area contributed by atoms with Gasteiger partial charge in [-0.1, -0.05) is 0 Å². The van der Waals surface area contributed by atoms with Crippen molar-refractivity contribution in [2.75, 3.05) is 45.1 Å². The van der Waals surface area contributed by atoms with Crippen molar-refractivity contribution in [1.82, 2.24) is 9.80 Å². The summed E-state index contributed by atoms with van der Waals surface area (Å²) in [7, 11) is 2.01. The Hall–Kier alpha value is -1.57. The maximum absolute atomic E-state index is 13.5. The van der Waals surface area contributed by atoms with E-state index in [4.69, 9.17) is 5.73 Å². The van der Waals surface area contributed by atoms with E-state index in [9.17, 15) is 13.6 Å². The number of piperazine rings is 1. The van der Waals surface area contributed by atoms with Crippen molar-refractivity contribution >= 4 is 11.6 Å². The Morgan fingerprint density at radius 1 is 1.43 bits per heavy atom. The fourth-order valence-electron chi connectivity index (χ4n) is 2.45. The molecule has 0 aliphatic carbocycles. The highest BCUT2D eigenvalue weighted by Crippen LogP contribution is 2.15. The zero-order valence-electron chi connectivity index (χ0n) is 12.0. The predicted molar refractivity (Wildman–Crippen MR) is 76.9 cm³/mol. The summed E-state index contributed by atoms with van der Waals surface area (Å²) in [5.74, 6) is -1.78. The van der Waals surface area contributed by atoms with Crippen LogP contribution in [0.2, 0.25) is 0 Å². The number of amides is 1. The molecule has 2 rings (SSSR count). The zero-order chi connectivity index (χ0) is 15.4. The largest absolute Gasteiger partial charge is 0.329 e. The lowest BCUT2D eigenvalue weighted by molar-refractivity contribution is -0.118. The summed E-state index contributed by atoms with van der Waals surface area (Å²) in [4.78, 5) is 16.1. The Kier molecular flexibility index (Phi) is 5.22. The van der Waals surface area contributed by atoms with Crippen molar-refractivity contribution in [3.8, 4) is 0 Å². The molecule has 1 aromatic carbocycles. The van der Waals surface area contributed by atoms with Gasteiger partial charge >= 0.3 is 0 Å². The molecule has 21 heavy (non-hydrogen) atoms. The van der Waals surface area contributed by atoms with E-state index in [2.05, 4.69) is 10.2 Å². The molecule has 1 amide bonds. The number of carbonyl (C=O) groups excluding carboxylic acids is 1. The highest BCUT2D eigenvalue weighted by Gasteiger charge is 2.25. The fourth-order valence-corrected chi connectivity index (χ4v) is 2.45. The molecule has 0 saturated carbocycles. The maximum Gasteiger partial charge on any atom is 0.238 e. The molecule has 0 radical (unpaired) electrons. The number of benzene rings is 1. The van der Waals surface area contributed by atoms with Crippen LogP contribution >= 0.6 is 0 Å². The first-order chi connectivity index (χ1) is 9.99. The normalized spacial score (nSPS) is 20.5. The van der Waals surface area contributed by atoms with Crippen LogP contribution < -0.4 is 11.1 Å². The lowest BCUT2D eigenvalue weighted by Gasteiger charge is -2.39. The highest BCUT2D eigenvalue weighted by atomic mass is 19.1. The molecule has 1 unspecified atom stereocenters. The molecule has 1 heterocycles. The first-order valence-electron chi connectivity index (χ1n) is 6.87. The molecular formula is C14H20F2N4O. The number of nitrogens with one attached hydrogen (secondary N) is 1. The van der Waals surface area contributed by atoms with Crippen molar-refractivity contribution < 1.29 is 13.6 Å². The van der Waals surface area contributed by atoms with E-state index in [1.165, 1.54) is 6.07 Å². The average molecular weight is 298 g/mol. The van der Waals surface area contributed by atoms with Crippen LogP contribution in [0.15, 0.2) is 18.2 Å². The van der Waals surface area contributed by atoms with E-state index in [0.29, 0.717) is 6.54 Å². The predicted octanol–water partition coefficient (Wildman–Crippen LogP) is 0.478. The fraction of sp³-hybridized carbons (Fsp3) is 0.500. The number of likely N-dealkylation sites (N-methyl/N-ethyl adjacent to an activating group) is 1. The lowest BCUT2D eigenvalue weighted by Crippen LogP contribution is -2.56. The standard InChI is InChI=1S/C14H20F2N4O/c1-19-4-5-20(11(7-17)8-19)9-14(21)18-13-3-2-10(15)6-12(13)16/h2-3,6,11H,4-5,7-9,17H2,1H3,(H,18,21). The van der Waals surface area contributed by atoms with Crippen molar-refractivity contribution in [1.29, 1.82) is 0 Å². The van der Waals surface area contributed by atoms with E-state index in [1.807, 2.05) is 11.9 Å². The molecule has 3 N–H and O–H groups in total. The van der Waals surface area contributed by atoms with Crippen molar-refractivity contribution in [3.05, 3.63) is 29.8 Å². The van der Waals surface area contributed by atoms with E-state index in [1.54, 1.807) is 0 Å². The summed E-state index contributed by atoms with van der Waals surface area (Å²) in [5, 5.41) is 2.46. The summed E-state index contributed by atoms with van der Waals surface area (Å²) in [6, 6.07) is 3.17. The Balaban J connectivity index is 1.94. The number of nitrogens with zero attached hydrogens (tertiary/aromatic N) is 2. The van der Waals surface area contributed by atoms with Gasteiger partial charge in [0, 0.05) is 38.3 Å². The van der Waals surface area contributed by atoms with Crippen molar-refractivity contribution in [2.24, 2.45) is 5.73 Å². The van der Waals surface area contributed by atoms with E-state index < -0.39 is 11.6 Å². The third-order valence-corrected chi connectivity index (χ3v) is 3.63. The van der Waals surface area contributed by atoms with Gasteiger partial charge in [-0.15, -0.1) is 0 Å². The van der Waals surface area contributed by atoms with Gasteiger partial charge in [-0.3, -0.25) is 9.69 Å². The van der Waals surface area contributed by atoms with Crippen LogP contribution in [0.5, 0.6) is 0 Å². The van der Waals surface area contributed by atoms with Crippen LogP contribution in [-0.2, 0) is 4.79 Å². The van der Waals surface area contributed by atoms with Gasteiger partial charge in [-0.05, 0) is 19.2 Å². The topological polar surface area (TPSA) is 61.6 Å². The monoisotopic (exact) mass is 298 g/mol. The molecule has 5 nitrogen and oxygen atoms in total. The van der Waals surface area contributed by atoms with Gasteiger partial charge in [-0.25, -0.2) is 8.78 Å². The molecule has 1 atom stereocenters. The number of nitrogens with two attached hydrogens (primary N) is 1. The summed E-state index contributed by atoms with van der Waals surface area (Å²) in [6.45, 7) is 3.00. The first kappa shape index (κ1) is 15.8. The van der Waals surface area contributed by atoms with Crippen LogP contribution in [0.4, 0.5) is 14.5 Å². The second-order valence-electron chi connectivity index (χ2n) is 5.29. The van der Waals surface area contributed by atoms with Gasteiger partial charge in [0.25, 0.3) is 0 Å². The van der Waals surface area contributed by atoms with Gasteiger partial charge in [0.2, 0.25) is 5.91 Å². The number of rotatable bonds is 4. The molecule has 0 aromatic heterocycles. The Labute approximate surface area is 122 Å². The third kappa shape index (κ3) is 4.20. The van der Waals surface area contributed by atoms with Gasteiger partial charge in [-0.2, -0.15) is 0 Å². The van der Waals surface area contributed by atoms with Crippen LogP contribution in [0.3, 0.4) is 0 Å². The smallest absolute Gasteiger partial charge is 0.238 e. The second-order valence-corrected chi connectivity index (χ2v) is 5.29. The molecule has 1 saturated heterocycles. The average Bonchev–Trinajstić information content (AvgIpc) is 2.44. The highest BCUT2D eigenvalue weighted by molar-refractivity contribution is 5.92. The SMILES string of the molecule is CN1CCN(CC(=O)Nc2ccc(F)cc2F)C(CN)C1. The van der Waals surface area contributed by atoms with Gasteiger partial charge in [0.1, 0.15) is 11.6 Å². The number of anilines is 1. The molecule has 0 spiro atoms. The van der Waals surface area contributed by atoms with Gasteiger partial charge < -0.3 is 16.0 Å². The minimum absolute atomic E-state index is 0.0141. The number of carbonyl (C=O) groups is 1. The number of hydrogen-bond acceptors (Lipinski definition) is 4. The van der Waals surface area contributed by atoms with E-state index in [-0.39, 0.29) is 24.2 Å². The lowest BCUT2D eigenvalue weighted by atomic mass is 10.1. The summed E-state index contributed by atoms with van der Waals surface area (Å²) in [6.07, 6.45) is 0. The number of halogens is 2. The minimum atomic E-state index is -0.780. The second kappa shape index (κ2) is 6.93. The molecule has 1 aromatic rings. The molecule has 116 valence electrons. The van der Waals surface area contributed by atoms with Gasteiger partial charge in [0.05, 0.1) is 12.2 Å². The first-order valence-corrected chi connectivity index (χ1v) is 6.87. The molecule has 0 bridgehead atoms. The summed E-state index contributed by atoms with van der Waals surface area (Å²) in [5.41, 5.74) is 5.71.